The summed E-state index contributed by atoms with van der Waals surface area (Å²) in [7, 11) is 0. The second kappa shape index (κ2) is 3.31. The average molecular weight is 264 g/mol. The Balaban J connectivity index is 2.76. The average Bonchev–Trinajstić information content (AvgIpc) is 2.55. The third-order valence-electron chi connectivity index (χ3n) is 1.61. The lowest BCUT2D eigenvalue weighted by Gasteiger charge is -1.90. The minimum Gasteiger partial charge on any atom is -0.237 e. The number of thiazole rings is 1. The molecule has 1 aromatic heterocycles. The van der Waals surface area contributed by atoms with Gasteiger partial charge in [0.25, 0.3) is 0 Å². The van der Waals surface area contributed by atoms with Crippen LogP contribution in [0.15, 0.2) is 12.1 Å². The molecule has 0 radical (unpaired) electrons. The van der Waals surface area contributed by atoms with Gasteiger partial charge in [-0.25, -0.2) is 13.8 Å². The van der Waals surface area contributed by atoms with Gasteiger partial charge in [0.15, 0.2) is 11.6 Å². The molecule has 13 heavy (non-hydrogen) atoms. The first-order chi connectivity index (χ1) is 6.22. The monoisotopic (exact) mass is 263 g/mol. The van der Waals surface area contributed by atoms with Crippen molar-refractivity contribution in [2.45, 2.75) is 5.33 Å². The highest BCUT2D eigenvalue weighted by molar-refractivity contribution is 9.08. The number of hydrogen-bond donors (Lipinski definition) is 0. The standard InChI is InChI=1S/C8H4BrF2NS/c9-3-6-12-8-5(13-6)2-1-4(10)7(8)11/h1-2H,3H2. The zero-order valence-electron chi connectivity index (χ0n) is 6.35. The molecule has 0 atom stereocenters. The summed E-state index contributed by atoms with van der Waals surface area (Å²) >= 11 is 4.57. The first-order valence-electron chi connectivity index (χ1n) is 3.51. The van der Waals surface area contributed by atoms with Gasteiger partial charge in [-0.2, -0.15) is 0 Å². The summed E-state index contributed by atoms with van der Waals surface area (Å²) in [6, 6.07) is 2.66. The van der Waals surface area contributed by atoms with Crippen LogP contribution < -0.4 is 0 Å². The molecule has 2 rings (SSSR count). The fourth-order valence-corrected chi connectivity index (χ4v) is 2.32. The molecular weight excluding hydrogens is 260 g/mol. The Bertz CT molecular complexity index is 455. The predicted molar refractivity (Wildman–Crippen MR) is 52.2 cm³/mol. The van der Waals surface area contributed by atoms with Crippen molar-refractivity contribution in [1.82, 2.24) is 4.98 Å². The highest BCUT2D eigenvalue weighted by atomic mass is 79.9. The summed E-state index contributed by atoms with van der Waals surface area (Å²) in [6.07, 6.45) is 0. The van der Waals surface area contributed by atoms with Crippen molar-refractivity contribution >= 4 is 37.5 Å². The van der Waals surface area contributed by atoms with Crippen LogP contribution in [0.2, 0.25) is 0 Å². The van der Waals surface area contributed by atoms with Crippen LogP contribution in [-0.2, 0) is 5.33 Å². The van der Waals surface area contributed by atoms with E-state index in [0.29, 0.717) is 10.0 Å². The van der Waals surface area contributed by atoms with Gasteiger partial charge in [0.05, 0.1) is 10.0 Å². The first kappa shape index (κ1) is 9.02. The van der Waals surface area contributed by atoms with Gasteiger partial charge < -0.3 is 0 Å². The molecule has 0 spiro atoms. The van der Waals surface area contributed by atoms with Crippen molar-refractivity contribution in [2.75, 3.05) is 0 Å². The number of hydrogen-bond acceptors (Lipinski definition) is 2. The lowest BCUT2D eigenvalue weighted by atomic mass is 10.3. The largest absolute Gasteiger partial charge is 0.237 e. The Morgan fingerprint density at radius 3 is 2.85 bits per heavy atom. The maximum absolute atomic E-state index is 13.1. The van der Waals surface area contributed by atoms with Crippen molar-refractivity contribution in [3.8, 4) is 0 Å². The SMILES string of the molecule is Fc1ccc2sc(CBr)nc2c1F. The van der Waals surface area contributed by atoms with E-state index in [4.69, 9.17) is 0 Å². The summed E-state index contributed by atoms with van der Waals surface area (Å²) in [5.74, 6) is -1.71. The van der Waals surface area contributed by atoms with Crippen LogP contribution in [0.4, 0.5) is 8.78 Å². The topological polar surface area (TPSA) is 12.9 Å². The molecule has 0 fully saturated rings. The molecule has 0 amide bonds. The summed E-state index contributed by atoms with van der Waals surface area (Å²) in [4.78, 5) is 3.95. The van der Waals surface area contributed by atoms with Crippen LogP contribution in [0.3, 0.4) is 0 Å². The molecule has 1 heterocycles. The van der Waals surface area contributed by atoms with Gasteiger partial charge in [-0.3, -0.25) is 0 Å². The summed E-state index contributed by atoms with van der Waals surface area (Å²) in [5, 5.41) is 1.31. The summed E-state index contributed by atoms with van der Waals surface area (Å²) in [5.41, 5.74) is 0.124. The number of aromatic nitrogens is 1. The van der Waals surface area contributed by atoms with E-state index in [1.165, 1.54) is 17.4 Å². The number of alkyl halides is 1. The zero-order valence-corrected chi connectivity index (χ0v) is 8.75. The lowest BCUT2D eigenvalue weighted by molar-refractivity contribution is 0.515. The van der Waals surface area contributed by atoms with Gasteiger partial charge in [0, 0.05) is 0 Å². The molecule has 0 saturated heterocycles. The molecule has 0 saturated carbocycles. The van der Waals surface area contributed by atoms with Crippen molar-refractivity contribution in [3.63, 3.8) is 0 Å². The second-order valence-electron chi connectivity index (χ2n) is 2.45. The van der Waals surface area contributed by atoms with Crippen LogP contribution in [0, 0.1) is 11.6 Å². The molecule has 0 bridgehead atoms. The smallest absolute Gasteiger partial charge is 0.185 e. The van der Waals surface area contributed by atoms with Crippen molar-refractivity contribution < 1.29 is 8.78 Å². The van der Waals surface area contributed by atoms with Crippen molar-refractivity contribution in [3.05, 3.63) is 28.8 Å². The van der Waals surface area contributed by atoms with Crippen LogP contribution in [-0.4, -0.2) is 4.98 Å². The fraction of sp³-hybridized carbons (Fsp3) is 0.125. The molecule has 0 aliphatic carbocycles. The Hall–Kier alpha value is -0.550. The minimum absolute atomic E-state index is 0.124. The van der Waals surface area contributed by atoms with Crippen LogP contribution in [0.1, 0.15) is 5.01 Å². The first-order valence-corrected chi connectivity index (χ1v) is 5.45. The van der Waals surface area contributed by atoms with E-state index in [-0.39, 0.29) is 5.52 Å². The number of rotatable bonds is 1. The normalized spacial score (nSPS) is 11.0. The Morgan fingerprint density at radius 2 is 2.15 bits per heavy atom. The molecule has 0 aliphatic heterocycles. The van der Waals surface area contributed by atoms with E-state index < -0.39 is 11.6 Å². The number of fused-ring (bicyclic) bond motifs is 1. The third kappa shape index (κ3) is 1.46. The Kier molecular flexibility index (Phi) is 2.29. The van der Waals surface area contributed by atoms with E-state index in [9.17, 15) is 8.78 Å². The minimum atomic E-state index is -0.860. The lowest BCUT2D eigenvalue weighted by Crippen LogP contribution is -1.84. The summed E-state index contributed by atoms with van der Waals surface area (Å²) in [6.45, 7) is 0. The quantitative estimate of drug-likeness (QED) is 0.718. The van der Waals surface area contributed by atoms with E-state index >= 15 is 0 Å². The van der Waals surface area contributed by atoms with Gasteiger partial charge in [-0.05, 0) is 12.1 Å². The van der Waals surface area contributed by atoms with Crippen molar-refractivity contribution in [1.29, 1.82) is 0 Å². The van der Waals surface area contributed by atoms with Crippen LogP contribution >= 0.6 is 27.3 Å². The van der Waals surface area contributed by atoms with Crippen LogP contribution in [0.25, 0.3) is 10.2 Å². The molecule has 0 aliphatic rings. The molecule has 68 valence electrons. The molecule has 0 N–H and O–H groups in total. The highest BCUT2D eigenvalue weighted by Gasteiger charge is 2.11. The maximum Gasteiger partial charge on any atom is 0.185 e. The molecule has 1 nitrogen and oxygen atoms in total. The molecule has 2 aromatic rings. The van der Waals surface area contributed by atoms with Crippen molar-refractivity contribution in [2.24, 2.45) is 0 Å². The molecular formula is C8H4BrF2NS. The van der Waals surface area contributed by atoms with E-state index in [2.05, 4.69) is 20.9 Å². The van der Waals surface area contributed by atoms with Crippen LogP contribution in [0.5, 0.6) is 0 Å². The van der Waals surface area contributed by atoms with E-state index in [1.54, 1.807) is 0 Å². The van der Waals surface area contributed by atoms with Gasteiger partial charge >= 0.3 is 0 Å². The maximum atomic E-state index is 13.1. The van der Waals surface area contributed by atoms with Gasteiger partial charge in [0.2, 0.25) is 0 Å². The Labute approximate surface area is 85.5 Å². The summed E-state index contributed by atoms with van der Waals surface area (Å²) < 4.78 is 26.5. The van der Waals surface area contributed by atoms with Gasteiger partial charge in [0.1, 0.15) is 10.5 Å². The fourth-order valence-electron chi connectivity index (χ4n) is 1.04. The molecule has 5 heteroatoms. The number of halogens is 3. The number of benzene rings is 1. The zero-order chi connectivity index (χ0) is 9.42. The second-order valence-corrected chi connectivity index (χ2v) is 4.13. The van der Waals surface area contributed by atoms with E-state index in [0.717, 1.165) is 11.1 Å². The predicted octanol–water partition coefficient (Wildman–Crippen LogP) is 3.47. The van der Waals surface area contributed by atoms with E-state index in [1.807, 2.05) is 0 Å². The molecule has 0 unspecified atom stereocenters. The van der Waals surface area contributed by atoms with Gasteiger partial charge in [-0.1, -0.05) is 15.9 Å². The van der Waals surface area contributed by atoms with Gasteiger partial charge in [-0.15, -0.1) is 11.3 Å². The molecule has 1 aromatic carbocycles. The third-order valence-corrected chi connectivity index (χ3v) is 3.53. The Morgan fingerprint density at radius 1 is 1.38 bits per heavy atom. The number of nitrogens with zero attached hydrogens (tertiary/aromatic N) is 1. The highest BCUT2D eigenvalue weighted by Crippen LogP contribution is 2.26.